The van der Waals surface area contributed by atoms with Crippen LogP contribution in [0.15, 0.2) is 99.3 Å². The number of ether oxygens (including phenoxy) is 1. The van der Waals surface area contributed by atoms with Gasteiger partial charge >= 0.3 is 6.18 Å². The molecule has 10 heteroatoms. The number of benzene rings is 4. The van der Waals surface area contributed by atoms with Crippen LogP contribution in [0, 0.1) is 6.92 Å². The highest BCUT2D eigenvalue weighted by atomic mass is 79.9. The van der Waals surface area contributed by atoms with Crippen molar-refractivity contribution in [1.82, 2.24) is 9.66 Å². The van der Waals surface area contributed by atoms with Crippen LogP contribution in [-0.4, -0.2) is 15.9 Å². The van der Waals surface area contributed by atoms with Gasteiger partial charge in [-0.25, -0.2) is 4.98 Å². The first-order valence-corrected chi connectivity index (χ1v) is 13.2. The number of aromatic nitrogens is 2. The van der Waals surface area contributed by atoms with Crippen LogP contribution in [0.25, 0.3) is 22.3 Å². The smallest absolute Gasteiger partial charge is 0.416 e. The van der Waals surface area contributed by atoms with Crippen LogP contribution in [0.4, 0.5) is 13.2 Å². The third-order valence-corrected chi connectivity index (χ3v) is 6.86. The van der Waals surface area contributed by atoms with E-state index in [-0.39, 0.29) is 23.4 Å². The number of alkyl halides is 3. The largest absolute Gasteiger partial charge is 0.487 e. The van der Waals surface area contributed by atoms with E-state index in [1.165, 1.54) is 18.3 Å². The van der Waals surface area contributed by atoms with Crippen LogP contribution in [0.3, 0.4) is 0 Å². The highest BCUT2D eigenvalue weighted by Crippen LogP contribution is 2.34. The molecule has 4 aromatic carbocycles. The molecule has 0 aliphatic heterocycles. The lowest BCUT2D eigenvalue weighted by molar-refractivity contribution is -0.137. The zero-order valence-corrected chi connectivity index (χ0v) is 23.3. The summed E-state index contributed by atoms with van der Waals surface area (Å²) in [6.07, 6.45) is -3.20. The van der Waals surface area contributed by atoms with Gasteiger partial charge in [0.2, 0.25) is 0 Å². The summed E-state index contributed by atoms with van der Waals surface area (Å²) >= 11 is 9.78. The van der Waals surface area contributed by atoms with Crippen molar-refractivity contribution in [2.75, 3.05) is 0 Å². The summed E-state index contributed by atoms with van der Waals surface area (Å²) in [5, 5.41) is 5.03. The summed E-state index contributed by atoms with van der Waals surface area (Å²) in [4.78, 5) is 18.0. The molecule has 1 aromatic heterocycles. The summed E-state index contributed by atoms with van der Waals surface area (Å²) in [5.74, 6) is 0.380. The van der Waals surface area contributed by atoms with Crippen LogP contribution in [-0.2, 0) is 12.8 Å². The molecule has 0 fully saturated rings. The van der Waals surface area contributed by atoms with E-state index in [0.717, 1.165) is 27.9 Å². The minimum Gasteiger partial charge on any atom is -0.487 e. The Morgan fingerprint density at radius 1 is 1.02 bits per heavy atom. The van der Waals surface area contributed by atoms with Gasteiger partial charge in [0.1, 0.15) is 12.4 Å². The molecule has 0 atom stereocenters. The van der Waals surface area contributed by atoms with E-state index >= 15 is 0 Å². The van der Waals surface area contributed by atoms with Crippen LogP contribution >= 0.6 is 27.5 Å². The maximum absolute atomic E-state index is 13.5. The fraction of sp³-hybridized carbons (Fsp3) is 0.100. The highest BCUT2D eigenvalue weighted by molar-refractivity contribution is 9.10. The number of nitrogens with zero attached hydrogens (tertiary/aromatic N) is 3. The Labute approximate surface area is 240 Å². The number of aryl methyl sites for hydroxylation is 1. The second kappa shape index (κ2) is 11.3. The SMILES string of the molecule is Cc1ccc(COc2c(Br)cc(Cl)cc2C=Nn2c(-c3cccc(C(F)(F)F)c3)nc3ccccc3c2=O)cc1. The molecule has 0 saturated carbocycles. The van der Waals surface area contributed by atoms with Gasteiger partial charge in [0, 0.05) is 16.1 Å². The quantitative estimate of drug-likeness (QED) is 0.178. The van der Waals surface area contributed by atoms with Gasteiger partial charge in [-0.15, -0.1) is 0 Å². The maximum Gasteiger partial charge on any atom is 0.416 e. The highest BCUT2D eigenvalue weighted by Gasteiger charge is 2.31. The Balaban J connectivity index is 1.62. The molecule has 5 rings (SSSR count). The standard InChI is InChI=1S/C30H20BrClF3N3O2/c1-18-9-11-19(12-10-18)17-40-27-21(14-23(32)15-25(27)31)16-36-38-28(20-5-4-6-22(13-20)30(33,34)35)37-26-8-3-2-7-24(26)29(38)39/h2-16H,17H2,1H3. The van der Waals surface area contributed by atoms with E-state index in [1.807, 2.05) is 31.2 Å². The molecule has 5 nitrogen and oxygen atoms in total. The molecule has 1 heterocycles. The predicted molar refractivity (Wildman–Crippen MR) is 154 cm³/mol. The number of rotatable bonds is 6. The molecule has 0 saturated heterocycles. The van der Waals surface area contributed by atoms with E-state index in [0.29, 0.717) is 26.3 Å². The van der Waals surface area contributed by atoms with E-state index in [4.69, 9.17) is 16.3 Å². The molecule has 0 bridgehead atoms. The first kappa shape index (κ1) is 27.6. The van der Waals surface area contributed by atoms with Crippen molar-refractivity contribution >= 4 is 44.6 Å². The Morgan fingerprint density at radius 2 is 1.77 bits per heavy atom. The van der Waals surface area contributed by atoms with E-state index in [9.17, 15) is 18.0 Å². The van der Waals surface area contributed by atoms with Gasteiger partial charge in [0.15, 0.2) is 5.82 Å². The monoisotopic (exact) mass is 625 g/mol. The Kier molecular flexibility index (Phi) is 7.78. The van der Waals surface area contributed by atoms with Crippen molar-refractivity contribution in [2.45, 2.75) is 19.7 Å². The fourth-order valence-corrected chi connectivity index (χ4v) is 4.99. The molecule has 0 N–H and O–H groups in total. The van der Waals surface area contributed by atoms with E-state index < -0.39 is 17.3 Å². The third-order valence-electron chi connectivity index (χ3n) is 6.06. The predicted octanol–water partition coefficient (Wildman–Crippen LogP) is 8.27. The van der Waals surface area contributed by atoms with Gasteiger partial charge in [0.05, 0.1) is 27.2 Å². The van der Waals surface area contributed by atoms with Gasteiger partial charge in [-0.05, 0) is 64.8 Å². The van der Waals surface area contributed by atoms with Gasteiger partial charge in [0.25, 0.3) is 5.56 Å². The number of para-hydroxylation sites is 1. The zero-order valence-electron chi connectivity index (χ0n) is 20.9. The summed E-state index contributed by atoms with van der Waals surface area (Å²) in [6.45, 7) is 2.25. The molecule has 5 aromatic rings. The van der Waals surface area contributed by atoms with Crippen LogP contribution < -0.4 is 10.3 Å². The molecule has 0 radical (unpaired) electrons. The summed E-state index contributed by atoms with van der Waals surface area (Å²) < 4.78 is 48.0. The van der Waals surface area contributed by atoms with Crippen molar-refractivity contribution in [1.29, 1.82) is 0 Å². The van der Waals surface area contributed by atoms with Crippen molar-refractivity contribution in [3.63, 3.8) is 0 Å². The molecule has 0 spiro atoms. The molecule has 0 unspecified atom stereocenters. The summed E-state index contributed by atoms with van der Waals surface area (Å²) in [5.41, 5.74) is 1.51. The lowest BCUT2D eigenvalue weighted by Crippen LogP contribution is -2.20. The van der Waals surface area contributed by atoms with Crippen LogP contribution in [0.5, 0.6) is 5.75 Å². The Bertz CT molecular complexity index is 1800. The molecular formula is C30H20BrClF3N3O2. The average molecular weight is 627 g/mol. The molecule has 40 heavy (non-hydrogen) atoms. The van der Waals surface area contributed by atoms with Crippen molar-refractivity contribution < 1.29 is 17.9 Å². The van der Waals surface area contributed by atoms with Crippen LogP contribution in [0.1, 0.15) is 22.3 Å². The van der Waals surface area contributed by atoms with Crippen LogP contribution in [0.2, 0.25) is 5.02 Å². The van der Waals surface area contributed by atoms with E-state index in [2.05, 4.69) is 26.0 Å². The number of halogens is 5. The lowest BCUT2D eigenvalue weighted by atomic mass is 10.1. The van der Waals surface area contributed by atoms with Crippen molar-refractivity contribution in [3.8, 4) is 17.1 Å². The number of hydrogen-bond donors (Lipinski definition) is 0. The average Bonchev–Trinajstić information content (AvgIpc) is 2.92. The maximum atomic E-state index is 13.5. The first-order valence-electron chi connectivity index (χ1n) is 12.0. The molecular weight excluding hydrogens is 607 g/mol. The fourth-order valence-electron chi connectivity index (χ4n) is 4.04. The summed E-state index contributed by atoms with van der Waals surface area (Å²) in [6, 6.07) is 22.3. The molecule has 0 aliphatic rings. The van der Waals surface area contributed by atoms with Crippen molar-refractivity contribution in [2.24, 2.45) is 5.10 Å². The number of hydrogen-bond acceptors (Lipinski definition) is 4. The van der Waals surface area contributed by atoms with Gasteiger partial charge in [-0.2, -0.15) is 22.9 Å². The van der Waals surface area contributed by atoms with Gasteiger partial charge in [-0.1, -0.05) is 65.7 Å². The second-order valence-electron chi connectivity index (χ2n) is 8.97. The Morgan fingerprint density at radius 3 is 2.52 bits per heavy atom. The zero-order chi connectivity index (χ0) is 28.4. The Hall–Kier alpha value is -3.95. The normalized spacial score (nSPS) is 11.8. The first-order chi connectivity index (χ1) is 19.1. The molecule has 202 valence electrons. The number of fused-ring (bicyclic) bond motifs is 1. The second-order valence-corrected chi connectivity index (χ2v) is 10.3. The lowest BCUT2D eigenvalue weighted by Gasteiger charge is -2.13. The van der Waals surface area contributed by atoms with E-state index in [1.54, 1.807) is 36.4 Å². The minimum atomic E-state index is -4.57. The van der Waals surface area contributed by atoms with Gasteiger partial charge < -0.3 is 4.74 Å². The summed E-state index contributed by atoms with van der Waals surface area (Å²) in [7, 11) is 0. The molecule has 0 aliphatic carbocycles. The molecule has 0 amide bonds. The third kappa shape index (κ3) is 5.95. The van der Waals surface area contributed by atoms with Gasteiger partial charge in [-0.3, -0.25) is 4.79 Å². The van der Waals surface area contributed by atoms with Crippen molar-refractivity contribution in [3.05, 3.63) is 127 Å². The minimum absolute atomic E-state index is 0.0470. The topological polar surface area (TPSA) is 56.5 Å².